The van der Waals surface area contributed by atoms with Gasteiger partial charge in [0, 0.05) is 25.2 Å². The van der Waals surface area contributed by atoms with Crippen LogP contribution >= 0.6 is 0 Å². The second-order valence-corrected chi connectivity index (χ2v) is 4.01. The van der Waals surface area contributed by atoms with Crippen LogP contribution in [0.3, 0.4) is 0 Å². The number of hydrogen-bond donors (Lipinski definition) is 1. The third kappa shape index (κ3) is 1.93. The number of imidazole rings is 1. The zero-order valence-electron chi connectivity index (χ0n) is 9.85. The Morgan fingerprint density at radius 1 is 1.44 bits per heavy atom. The predicted octanol–water partition coefficient (Wildman–Crippen LogP) is 1.73. The molecule has 0 aliphatic heterocycles. The van der Waals surface area contributed by atoms with Gasteiger partial charge in [0.2, 0.25) is 0 Å². The topological polar surface area (TPSA) is 56.7 Å². The van der Waals surface area contributed by atoms with Gasteiger partial charge in [-0.05, 0) is 19.4 Å². The van der Waals surface area contributed by atoms with Crippen molar-refractivity contribution in [3.8, 4) is 0 Å². The maximum atomic E-state index is 5.98. The predicted molar refractivity (Wildman–Crippen MR) is 65.2 cm³/mol. The zero-order valence-corrected chi connectivity index (χ0v) is 9.85. The van der Waals surface area contributed by atoms with Gasteiger partial charge in [-0.15, -0.1) is 0 Å². The van der Waals surface area contributed by atoms with E-state index >= 15 is 0 Å². The Balaban J connectivity index is 2.44. The third-order valence-corrected chi connectivity index (χ3v) is 2.91. The SMILES string of the molecule is CCC(N)Cc1nc2cnccc2n1CC. The van der Waals surface area contributed by atoms with E-state index in [1.807, 2.05) is 12.3 Å². The smallest absolute Gasteiger partial charge is 0.111 e. The number of hydrogen-bond acceptors (Lipinski definition) is 3. The van der Waals surface area contributed by atoms with E-state index in [2.05, 4.69) is 28.4 Å². The number of fused-ring (bicyclic) bond motifs is 1. The Hall–Kier alpha value is -1.42. The summed E-state index contributed by atoms with van der Waals surface area (Å²) >= 11 is 0. The van der Waals surface area contributed by atoms with E-state index in [1.165, 1.54) is 0 Å². The summed E-state index contributed by atoms with van der Waals surface area (Å²) in [7, 11) is 0. The number of pyridine rings is 1. The number of aromatic nitrogens is 3. The molecule has 2 aromatic heterocycles. The first kappa shape index (κ1) is 11.1. The van der Waals surface area contributed by atoms with E-state index in [9.17, 15) is 0 Å². The van der Waals surface area contributed by atoms with E-state index in [4.69, 9.17) is 5.73 Å². The van der Waals surface area contributed by atoms with Crippen LogP contribution in [0.4, 0.5) is 0 Å². The summed E-state index contributed by atoms with van der Waals surface area (Å²) in [6, 6.07) is 2.20. The minimum absolute atomic E-state index is 0.190. The molecule has 2 N–H and O–H groups in total. The molecule has 0 saturated heterocycles. The van der Waals surface area contributed by atoms with Crippen molar-refractivity contribution in [3.63, 3.8) is 0 Å². The van der Waals surface area contributed by atoms with Gasteiger partial charge in [0.25, 0.3) is 0 Å². The van der Waals surface area contributed by atoms with Gasteiger partial charge in [-0.3, -0.25) is 4.98 Å². The lowest BCUT2D eigenvalue weighted by Gasteiger charge is -2.10. The molecule has 4 nitrogen and oxygen atoms in total. The van der Waals surface area contributed by atoms with Gasteiger partial charge < -0.3 is 10.3 Å². The maximum absolute atomic E-state index is 5.98. The lowest BCUT2D eigenvalue weighted by Crippen LogP contribution is -2.23. The minimum atomic E-state index is 0.190. The van der Waals surface area contributed by atoms with E-state index in [0.29, 0.717) is 0 Å². The molecule has 2 rings (SSSR count). The molecule has 0 fully saturated rings. The molecule has 16 heavy (non-hydrogen) atoms. The van der Waals surface area contributed by atoms with Crippen molar-refractivity contribution in [3.05, 3.63) is 24.3 Å². The summed E-state index contributed by atoms with van der Waals surface area (Å²) < 4.78 is 2.21. The first-order chi connectivity index (χ1) is 7.76. The van der Waals surface area contributed by atoms with Crippen molar-refractivity contribution in [2.45, 2.75) is 39.3 Å². The van der Waals surface area contributed by atoms with Gasteiger partial charge in [0.1, 0.15) is 11.3 Å². The van der Waals surface area contributed by atoms with Crippen molar-refractivity contribution in [1.29, 1.82) is 0 Å². The molecule has 0 aromatic carbocycles. The Kier molecular flexibility index (Phi) is 3.19. The fourth-order valence-electron chi connectivity index (χ4n) is 1.92. The Morgan fingerprint density at radius 2 is 2.25 bits per heavy atom. The van der Waals surface area contributed by atoms with Crippen LogP contribution in [0, 0.1) is 0 Å². The lowest BCUT2D eigenvalue weighted by molar-refractivity contribution is 0.597. The molecule has 1 unspecified atom stereocenters. The van der Waals surface area contributed by atoms with Crippen molar-refractivity contribution in [2.75, 3.05) is 0 Å². The van der Waals surface area contributed by atoms with Gasteiger partial charge in [0.05, 0.1) is 11.7 Å². The highest BCUT2D eigenvalue weighted by Crippen LogP contribution is 2.16. The van der Waals surface area contributed by atoms with E-state index in [0.717, 1.165) is 36.2 Å². The zero-order chi connectivity index (χ0) is 11.5. The van der Waals surface area contributed by atoms with Crippen molar-refractivity contribution < 1.29 is 0 Å². The summed E-state index contributed by atoms with van der Waals surface area (Å²) in [5.74, 6) is 1.07. The van der Waals surface area contributed by atoms with Crippen LogP contribution < -0.4 is 5.73 Å². The number of aryl methyl sites for hydroxylation is 1. The summed E-state index contributed by atoms with van der Waals surface area (Å²) in [6.45, 7) is 5.15. The third-order valence-electron chi connectivity index (χ3n) is 2.91. The minimum Gasteiger partial charge on any atom is -0.328 e. The molecule has 0 radical (unpaired) electrons. The molecule has 0 aliphatic rings. The van der Waals surface area contributed by atoms with Crippen LogP contribution in [-0.2, 0) is 13.0 Å². The highest BCUT2D eigenvalue weighted by atomic mass is 15.1. The first-order valence-electron chi connectivity index (χ1n) is 5.81. The quantitative estimate of drug-likeness (QED) is 0.850. The lowest BCUT2D eigenvalue weighted by atomic mass is 10.1. The molecule has 86 valence electrons. The largest absolute Gasteiger partial charge is 0.328 e. The second-order valence-electron chi connectivity index (χ2n) is 4.01. The molecular formula is C12H18N4. The summed E-state index contributed by atoms with van der Waals surface area (Å²) in [5, 5.41) is 0. The summed E-state index contributed by atoms with van der Waals surface area (Å²) in [6.07, 6.45) is 5.42. The van der Waals surface area contributed by atoms with Crippen LogP contribution in [0.25, 0.3) is 11.0 Å². The Labute approximate surface area is 95.5 Å². The van der Waals surface area contributed by atoms with Gasteiger partial charge in [0.15, 0.2) is 0 Å². The Bertz CT molecular complexity index is 475. The van der Waals surface area contributed by atoms with Crippen molar-refractivity contribution in [2.24, 2.45) is 5.73 Å². The van der Waals surface area contributed by atoms with E-state index in [1.54, 1.807) is 6.20 Å². The molecule has 2 heterocycles. The average molecular weight is 218 g/mol. The van der Waals surface area contributed by atoms with E-state index in [-0.39, 0.29) is 6.04 Å². The maximum Gasteiger partial charge on any atom is 0.111 e. The van der Waals surface area contributed by atoms with Gasteiger partial charge in [-0.2, -0.15) is 0 Å². The average Bonchev–Trinajstić information content (AvgIpc) is 2.65. The Morgan fingerprint density at radius 3 is 2.94 bits per heavy atom. The molecule has 0 saturated carbocycles. The molecule has 2 aromatic rings. The fourth-order valence-corrected chi connectivity index (χ4v) is 1.92. The summed E-state index contributed by atoms with van der Waals surface area (Å²) in [4.78, 5) is 8.69. The molecule has 0 spiro atoms. The molecular weight excluding hydrogens is 200 g/mol. The molecule has 0 amide bonds. The normalized spacial score (nSPS) is 13.2. The van der Waals surface area contributed by atoms with Gasteiger partial charge >= 0.3 is 0 Å². The van der Waals surface area contributed by atoms with E-state index < -0.39 is 0 Å². The highest BCUT2D eigenvalue weighted by Gasteiger charge is 2.11. The van der Waals surface area contributed by atoms with Crippen LogP contribution in [0.1, 0.15) is 26.1 Å². The molecule has 0 bridgehead atoms. The number of nitrogens with zero attached hydrogens (tertiary/aromatic N) is 3. The molecule has 4 heteroatoms. The van der Waals surface area contributed by atoms with Crippen LogP contribution in [0.5, 0.6) is 0 Å². The van der Waals surface area contributed by atoms with Crippen LogP contribution in [0.2, 0.25) is 0 Å². The first-order valence-corrected chi connectivity index (χ1v) is 5.81. The highest BCUT2D eigenvalue weighted by molar-refractivity contribution is 5.74. The second kappa shape index (κ2) is 4.61. The summed E-state index contributed by atoms with van der Waals surface area (Å²) in [5.41, 5.74) is 8.09. The van der Waals surface area contributed by atoms with Crippen molar-refractivity contribution in [1.82, 2.24) is 14.5 Å². The number of nitrogens with two attached hydrogens (primary N) is 1. The molecule has 0 aliphatic carbocycles. The van der Waals surface area contributed by atoms with Crippen LogP contribution in [-0.4, -0.2) is 20.6 Å². The standard InChI is InChI=1S/C12H18N4/c1-3-9(13)7-12-15-10-8-14-6-5-11(10)16(12)4-2/h5-6,8-9H,3-4,7,13H2,1-2H3. The molecule has 1 atom stereocenters. The monoisotopic (exact) mass is 218 g/mol. The van der Waals surface area contributed by atoms with Gasteiger partial charge in [-0.1, -0.05) is 6.92 Å². The van der Waals surface area contributed by atoms with Crippen molar-refractivity contribution >= 4 is 11.0 Å². The number of rotatable bonds is 4. The van der Waals surface area contributed by atoms with Gasteiger partial charge in [-0.25, -0.2) is 4.98 Å². The van der Waals surface area contributed by atoms with Crippen LogP contribution in [0.15, 0.2) is 18.5 Å². The fraction of sp³-hybridized carbons (Fsp3) is 0.500.